The second kappa shape index (κ2) is 9.19. The number of rotatable bonds is 6. The van der Waals surface area contributed by atoms with Crippen LogP contribution in [0.1, 0.15) is 10.4 Å². The predicted octanol–water partition coefficient (Wildman–Crippen LogP) is 4.90. The first kappa shape index (κ1) is 19.6. The topological polar surface area (TPSA) is 61.4 Å². The van der Waals surface area contributed by atoms with E-state index in [0.29, 0.717) is 16.9 Å². The quantitative estimate of drug-likeness (QED) is 0.576. The van der Waals surface area contributed by atoms with Crippen molar-refractivity contribution in [1.82, 2.24) is 4.90 Å². The van der Waals surface area contributed by atoms with Gasteiger partial charge in [0, 0.05) is 17.2 Å². The molecule has 28 heavy (non-hydrogen) atoms. The van der Waals surface area contributed by atoms with Gasteiger partial charge in [-0.15, -0.1) is 0 Å². The van der Waals surface area contributed by atoms with Crippen LogP contribution < -0.4 is 10.6 Å². The standard InChI is InChI=1S/C22H20BrN3O2/c1-26(15-21(27)25-20-14-8-6-12-18(20)23)22(28)17-11-5-7-13-19(17)24-16-9-3-2-4-10-16/h2-14,24H,15H2,1H3,(H,25,27). The number of nitrogens with zero attached hydrogens (tertiary/aromatic N) is 1. The molecule has 0 aliphatic rings. The normalized spacial score (nSPS) is 10.2. The zero-order valence-electron chi connectivity index (χ0n) is 15.4. The summed E-state index contributed by atoms with van der Waals surface area (Å²) in [6, 6.07) is 24.2. The largest absolute Gasteiger partial charge is 0.355 e. The van der Waals surface area contributed by atoms with Gasteiger partial charge in [0.1, 0.15) is 0 Å². The summed E-state index contributed by atoms with van der Waals surface area (Å²) >= 11 is 3.39. The number of likely N-dealkylation sites (N-methyl/N-ethyl adjacent to an activating group) is 1. The molecule has 0 radical (unpaired) electrons. The van der Waals surface area contributed by atoms with Crippen LogP contribution in [-0.4, -0.2) is 30.3 Å². The molecule has 142 valence electrons. The van der Waals surface area contributed by atoms with Crippen LogP contribution in [0.2, 0.25) is 0 Å². The van der Waals surface area contributed by atoms with E-state index in [1.807, 2.05) is 60.7 Å². The van der Waals surface area contributed by atoms with Gasteiger partial charge in [0.05, 0.1) is 23.5 Å². The van der Waals surface area contributed by atoms with Crippen LogP contribution in [0.3, 0.4) is 0 Å². The van der Waals surface area contributed by atoms with E-state index in [1.54, 1.807) is 25.2 Å². The molecule has 3 rings (SSSR count). The highest BCUT2D eigenvalue weighted by Gasteiger charge is 2.18. The number of amides is 2. The third-order valence-corrected chi connectivity index (χ3v) is 4.78. The minimum absolute atomic E-state index is 0.0557. The Morgan fingerprint density at radius 2 is 1.46 bits per heavy atom. The Balaban J connectivity index is 1.69. The fourth-order valence-electron chi connectivity index (χ4n) is 2.70. The van der Waals surface area contributed by atoms with Crippen molar-refractivity contribution in [3.05, 3.63) is 88.9 Å². The highest BCUT2D eigenvalue weighted by molar-refractivity contribution is 9.10. The van der Waals surface area contributed by atoms with Gasteiger partial charge in [-0.3, -0.25) is 9.59 Å². The van der Waals surface area contributed by atoms with Gasteiger partial charge in [-0.25, -0.2) is 0 Å². The van der Waals surface area contributed by atoms with Gasteiger partial charge >= 0.3 is 0 Å². The predicted molar refractivity (Wildman–Crippen MR) is 116 cm³/mol. The lowest BCUT2D eigenvalue weighted by atomic mass is 10.1. The van der Waals surface area contributed by atoms with Crippen LogP contribution in [0.5, 0.6) is 0 Å². The third-order valence-electron chi connectivity index (χ3n) is 4.09. The van der Waals surface area contributed by atoms with Crippen molar-refractivity contribution >= 4 is 44.8 Å². The average Bonchev–Trinajstić information content (AvgIpc) is 2.70. The zero-order valence-corrected chi connectivity index (χ0v) is 16.9. The number of hydrogen-bond donors (Lipinski definition) is 2. The molecular formula is C22H20BrN3O2. The van der Waals surface area contributed by atoms with Gasteiger partial charge in [-0.2, -0.15) is 0 Å². The molecule has 0 spiro atoms. The summed E-state index contributed by atoms with van der Waals surface area (Å²) in [7, 11) is 1.61. The number of nitrogens with one attached hydrogen (secondary N) is 2. The molecule has 3 aromatic carbocycles. The summed E-state index contributed by atoms with van der Waals surface area (Å²) in [5.74, 6) is -0.502. The molecule has 0 atom stereocenters. The maximum absolute atomic E-state index is 12.9. The molecule has 0 aromatic heterocycles. The Bertz CT molecular complexity index is 976. The van der Waals surface area contributed by atoms with E-state index in [4.69, 9.17) is 0 Å². The Kier molecular flexibility index (Phi) is 6.45. The number of hydrogen-bond acceptors (Lipinski definition) is 3. The van der Waals surface area contributed by atoms with Gasteiger partial charge in [0.15, 0.2) is 0 Å². The minimum Gasteiger partial charge on any atom is -0.355 e. The van der Waals surface area contributed by atoms with Crippen LogP contribution in [0.4, 0.5) is 17.1 Å². The van der Waals surface area contributed by atoms with Gasteiger partial charge in [-0.05, 0) is 52.3 Å². The Hall–Kier alpha value is -3.12. The van der Waals surface area contributed by atoms with E-state index in [-0.39, 0.29) is 18.4 Å². The SMILES string of the molecule is CN(CC(=O)Nc1ccccc1Br)C(=O)c1ccccc1Nc1ccccc1. The van der Waals surface area contributed by atoms with Crippen molar-refractivity contribution in [2.45, 2.75) is 0 Å². The molecule has 3 aromatic rings. The van der Waals surface area contributed by atoms with Gasteiger partial charge < -0.3 is 15.5 Å². The molecule has 0 fully saturated rings. The molecule has 0 unspecified atom stereocenters. The smallest absolute Gasteiger partial charge is 0.256 e. The highest BCUT2D eigenvalue weighted by Crippen LogP contribution is 2.23. The van der Waals surface area contributed by atoms with Crippen LogP contribution in [0, 0.1) is 0 Å². The summed E-state index contributed by atoms with van der Waals surface area (Å²) in [6.45, 7) is -0.0557. The Morgan fingerprint density at radius 3 is 2.18 bits per heavy atom. The molecule has 5 nitrogen and oxygen atoms in total. The molecule has 0 saturated carbocycles. The number of para-hydroxylation sites is 3. The van der Waals surface area contributed by atoms with E-state index < -0.39 is 0 Å². The molecule has 0 aliphatic heterocycles. The first-order valence-corrected chi connectivity index (χ1v) is 9.55. The summed E-state index contributed by atoms with van der Waals surface area (Å²) in [5.41, 5.74) is 2.75. The molecule has 0 aliphatic carbocycles. The van der Waals surface area contributed by atoms with Crippen molar-refractivity contribution in [1.29, 1.82) is 0 Å². The minimum atomic E-state index is -0.267. The maximum atomic E-state index is 12.9. The average molecular weight is 438 g/mol. The molecule has 2 N–H and O–H groups in total. The van der Waals surface area contributed by atoms with Gasteiger partial charge in [0.2, 0.25) is 5.91 Å². The van der Waals surface area contributed by atoms with Crippen molar-refractivity contribution in [3.8, 4) is 0 Å². The Labute approximate surface area is 172 Å². The lowest BCUT2D eigenvalue weighted by molar-refractivity contribution is -0.116. The lowest BCUT2D eigenvalue weighted by Crippen LogP contribution is -2.35. The van der Waals surface area contributed by atoms with Crippen LogP contribution in [0.25, 0.3) is 0 Å². The Morgan fingerprint density at radius 1 is 0.857 bits per heavy atom. The third kappa shape index (κ3) is 4.98. The molecule has 6 heteroatoms. The van der Waals surface area contributed by atoms with Crippen molar-refractivity contribution in [2.24, 2.45) is 0 Å². The monoisotopic (exact) mass is 437 g/mol. The van der Waals surface area contributed by atoms with Crippen LogP contribution in [0.15, 0.2) is 83.3 Å². The fraction of sp³-hybridized carbons (Fsp3) is 0.0909. The van der Waals surface area contributed by atoms with Crippen LogP contribution >= 0.6 is 15.9 Å². The summed E-state index contributed by atoms with van der Waals surface area (Å²) in [5, 5.41) is 6.06. The fourth-order valence-corrected chi connectivity index (χ4v) is 3.08. The number of carbonyl (C=O) groups is 2. The summed E-state index contributed by atoms with van der Waals surface area (Å²) in [6.07, 6.45) is 0. The van der Waals surface area contributed by atoms with Crippen molar-refractivity contribution < 1.29 is 9.59 Å². The van der Waals surface area contributed by atoms with Crippen molar-refractivity contribution in [2.75, 3.05) is 24.2 Å². The number of benzene rings is 3. The molecular weight excluding hydrogens is 418 g/mol. The van der Waals surface area contributed by atoms with E-state index in [9.17, 15) is 9.59 Å². The number of carbonyl (C=O) groups excluding carboxylic acids is 2. The second-order valence-corrected chi connectivity index (χ2v) is 7.08. The second-order valence-electron chi connectivity index (χ2n) is 6.23. The number of halogens is 1. The molecule has 2 amide bonds. The number of anilines is 3. The molecule has 0 bridgehead atoms. The maximum Gasteiger partial charge on any atom is 0.256 e. The van der Waals surface area contributed by atoms with E-state index in [1.165, 1.54) is 4.90 Å². The van der Waals surface area contributed by atoms with E-state index >= 15 is 0 Å². The summed E-state index contributed by atoms with van der Waals surface area (Å²) < 4.78 is 0.787. The highest BCUT2D eigenvalue weighted by atomic mass is 79.9. The van der Waals surface area contributed by atoms with Crippen LogP contribution in [-0.2, 0) is 4.79 Å². The first-order chi connectivity index (χ1) is 13.5. The van der Waals surface area contributed by atoms with Gasteiger partial charge in [-0.1, -0.05) is 42.5 Å². The zero-order chi connectivity index (χ0) is 19.9. The molecule has 0 heterocycles. The lowest BCUT2D eigenvalue weighted by Gasteiger charge is -2.19. The molecule has 0 saturated heterocycles. The van der Waals surface area contributed by atoms with E-state index in [2.05, 4.69) is 26.6 Å². The summed E-state index contributed by atoms with van der Waals surface area (Å²) in [4.78, 5) is 26.7. The van der Waals surface area contributed by atoms with Crippen molar-refractivity contribution in [3.63, 3.8) is 0 Å². The van der Waals surface area contributed by atoms with Gasteiger partial charge in [0.25, 0.3) is 5.91 Å². The first-order valence-electron chi connectivity index (χ1n) is 8.75. The van der Waals surface area contributed by atoms with E-state index in [0.717, 1.165) is 10.2 Å².